The number of ether oxygens (including phenoxy) is 1. The number of rotatable bonds is 4. The van der Waals surface area contributed by atoms with Gasteiger partial charge in [-0.3, -0.25) is 0 Å². The highest BCUT2D eigenvalue weighted by Gasteiger charge is 2.15. The second-order valence-corrected chi connectivity index (χ2v) is 5.15. The molecule has 2 rings (SSSR count). The van der Waals surface area contributed by atoms with Gasteiger partial charge in [-0.1, -0.05) is 18.7 Å². The van der Waals surface area contributed by atoms with Crippen LogP contribution in [0, 0.1) is 0 Å². The van der Waals surface area contributed by atoms with Crippen LogP contribution in [0.25, 0.3) is 11.0 Å². The lowest BCUT2D eigenvalue weighted by Gasteiger charge is -2.03. The average molecular weight is 316 g/mol. The van der Waals surface area contributed by atoms with Crippen LogP contribution < -0.4 is 0 Å². The maximum atomic E-state index is 5.20. The standard InChI is InChI=1S/C11H14BrN3OS/c1-4-6-9(12)8-7(5-16-2)14-11(17-3)15-10(8)13-6/h4-5H2,1-3H3,(H,13,14,15). The first kappa shape index (κ1) is 12.9. The number of hydrogen-bond acceptors (Lipinski definition) is 4. The summed E-state index contributed by atoms with van der Waals surface area (Å²) in [6.45, 7) is 2.60. The lowest BCUT2D eigenvalue weighted by molar-refractivity contribution is 0.182. The number of aryl methyl sites for hydroxylation is 1. The maximum absolute atomic E-state index is 5.20. The number of fused-ring (bicyclic) bond motifs is 1. The lowest BCUT2D eigenvalue weighted by Crippen LogP contribution is -1.97. The quantitative estimate of drug-likeness (QED) is 0.695. The molecule has 0 atom stereocenters. The summed E-state index contributed by atoms with van der Waals surface area (Å²) in [5, 5.41) is 1.79. The summed E-state index contributed by atoms with van der Waals surface area (Å²) in [5.41, 5.74) is 2.94. The highest BCUT2D eigenvalue weighted by Crippen LogP contribution is 2.30. The topological polar surface area (TPSA) is 50.8 Å². The molecule has 2 aromatic rings. The molecule has 0 spiro atoms. The van der Waals surface area contributed by atoms with Crippen LogP contribution in [0.3, 0.4) is 0 Å². The molecule has 6 heteroatoms. The fraction of sp³-hybridized carbons (Fsp3) is 0.455. The second kappa shape index (κ2) is 5.37. The van der Waals surface area contributed by atoms with E-state index in [0.29, 0.717) is 6.61 Å². The van der Waals surface area contributed by atoms with Crippen molar-refractivity contribution >= 4 is 38.7 Å². The summed E-state index contributed by atoms with van der Waals surface area (Å²) in [4.78, 5) is 12.3. The smallest absolute Gasteiger partial charge is 0.189 e. The van der Waals surface area contributed by atoms with E-state index in [1.807, 2.05) is 6.26 Å². The number of nitrogens with one attached hydrogen (secondary N) is 1. The van der Waals surface area contributed by atoms with Gasteiger partial charge < -0.3 is 9.72 Å². The van der Waals surface area contributed by atoms with Crippen LogP contribution in [0.15, 0.2) is 9.63 Å². The summed E-state index contributed by atoms with van der Waals surface area (Å²) >= 11 is 5.14. The van der Waals surface area contributed by atoms with E-state index in [-0.39, 0.29) is 0 Å². The van der Waals surface area contributed by atoms with Crippen molar-refractivity contribution in [3.8, 4) is 0 Å². The van der Waals surface area contributed by atoms with Gasteiger partial charge in [-0.25, -0.2) is 9.97 Å². The Kier molecular flexibility index (Phi) is 4.06. The van der Waals surface area contributed by atoms with E-state index in [1.165, 1.54) is 11.8 Å². The number of nitrogens with zero attached hydrogens (tertiary/aromatic N) is 2. The molecule has 0 bridgehead atoms. The molecule has 17 heavy (non-hydrogen) atoms. The molecule has 0 saturated carbocycles. The highest BCUT2D eigenvalue weighted by atomic mass is 79.9. The Bertz CT molecular complexity index is 541. The first-order chi connectivity index (χ1) is 8.21. The minimum atomic E-state index is 0.492. The Morgan fingerprint density at radius 1 is 1.41 bits per heavy atom. The van der Waals surface area contributed by atoms with Gasteiger partial charge in [0.05, 0.1) is 17.7 Å². The molecule has 0 fully saturated rings. The summed E-state index contributed by atoms with van der Waals surface area (Å²) in [7, 11) is 1.67. The van der Waals surface area contributed by atoms with Crippen molar-refractivity contribution in [3.05, 3.63) is 15.9 Å². The number of hydrogen-bond donors (Lipinski definition) is 1. The van der Waals surface area contributed by atoms with Gasteiger partial charge in [0.1, 0.15) is 5.65 Å². The normalized spacial score (nSPS) is 11.3. The van der Waals surface area contributed by atoms with Gasteiger partial charge >= 0.3 is 0 Å². The van der Waals surface area contributed by atoms with E-state index in [0.717, 1.165) is 38.5 Å². The summed E-state index contributed by atoms with van der Waals surface area (Å²) < 4.78 is 6.25. The molecule has 92 valence electrons. The number of halogens is 1. The molecule has 0 radical (unpaired) electrons. The molecule has 2 aromatic heterocycles. The summed E-state index contributed by atoms with van der Waals surface area (Å²) in [6.07, 6.45) is 2.90. The van der Waals surface area contributed by atoms with Crippen LogP contribution in [-0.2, 0) is 17.8 Å². The SMILES string of the molecule is CCc1[nH]c2nc(SC)nc(COC)c2c1Br. The van der Waals surface area contributed by atoms with Gasteiger partial charge in [-0.05, 0) is 28.6 Å². The molecule has 1 N–H and O–H groups in total. The minimum Gasteiger partial charge on any atom is -0.378 e. The predicted molar refractivity (Wildman–Crippen MR) is 73.5 cm³/mol. The summed E-state index contributed by atoms with van der Waals surface area (Å²) in [5.74, 6) is 0. The van der Waals surface area contributed by atoms with Gasteiger partial charge in [-0.15, -0.1) is 0 Å². The molecule has 0 unspecified atom stereocenters. The number of aromatic nitrogens is 3. The van der Waals surface area contributed by atoms with E-state index in [9.17, 15) is 0 Å². The van der Waals surface area contributed by atoms with Crippen molar-refractivity contribution in [2.45, 2.75) is 25.1 Å². The molecule has 0 aliphatic heterocycles. The number of aromatic amines is 1. The van der Waals surface area contributed by atoms with Crippen molar-refractivity contribution in [2.24, 2.45) is 0 Å². The third-order valence-corrected chi connectivity index (χ3v) is 3.96. The fourth-order valence-electron chi connectivity index (χ4n) is 1.73. The highest BCUT2D eigenvalue weighted by molar-refractivity contribution is 9.10. The monoisotopic (exact) mass is 315 g/mol. The minimum absolute atomic E-state index is 0.492. The van der Waals surface area contributed by atoms with Gasteiger partial charge in [0.25, 0.3) is 0 Å². The number of methoxy groups -OCH3 is 1. The lowest BCUT2D eigenvalue weighted by atomic mass is 10.2. The van der Waals surface area contributed by atoms with Crippen molar-refractivity contribution in [3.63, 3.8) is 0 Å². The Labute approximate surface area is 113 Å². The van der Waals surface area contributed by atoms with Gasteiger partial charge in [0.2, 0.25) is 0 Å². The first-order valence-electron chi connectivity index (χ1n) is 5.31. The molecule has 0 amide bonds. The third kappa shape index (κ3) is 2.34. The Hall–Kier alpha value is -0.590. The first-order valence-corrected chi connectivity index (χ1v) is 7.32. The second-order valence-electron chi connectivity index (χ2n) is 3.58. The number of H-pyrrole nitrogens is 1. The Balaban J connectivity index is 2.70. The van der Waals surface area contributed by atoms with Crippen LogP contribution in [0.1, 0.15) is 18.3 Å². The molecule has 0 aromatic carbocycles. The molecular formula is C11H14BrN3OS. The number of thioether (sulfide) groups is 1. The zero-order chi connectivity index (χ0) is 12.4. The Morgan fingerprint density at radius 2 is 2.18 bits per heavy atom. The molecular weight excluding hydrogens is 302 g/mol. The van der Waals surface area contributed by atoms with Crippen LogP contribution in [-0.4, -0.2) is 28.3 Å². The van der Waals surface area contributed by atoms with E-state index in [4.69, 9.17) is 4.74 Å². The molecule has 4 nitrogen and oxygen atoms in total. The fourth-order valence-corrected chi connectivity index (χ4v) is 2.91. The van der Waals surface area contributed by atoms with Crippen molar-refractivity contribution in [1.29, 1.82) is 0 Å². The van der Waals surface area contributed by atoms with Gasteiger partial charge in [0, 0.05) is 17.3 Å². The van der Waals surface area contributed by atoms with E-state index < -0.39 is 0 Å². The summed E-state index contributed by atoms with van der Waals surface area (Å²) in [6, 6.07) is 0. The molecule has 0 saturated heterocycles. The Morgan fingerprint density at radius 3 is 2.76 bits per heavy atom. The predicted octanol–water partition coefficient (Wildman–Crippen LogP) is 3.15. The van der Waals surface area contributed by atoms with Crippen LogP contribution >= 0.6 is 27.7 Å². The molecule has 2 heterocycles. The van der Waals surface area contributed by atoms with E-state index in [2.05, 4.69) is 37.8 Å². The van der Waals surface area contributed by atoms with Crippen molar-refractivity contribution in [1.82, 2.24) is 15.0 Å². The van der Waals surface area contributed by atoms with E-state index in [1.54, 1.807) is 7.11 Å². The molecule has 0 aliphatic carbocycles. The van der Waals surface area contributed by atoms with Gasteiger partial charge in [-0.2, -0.15) is 0 Å². The van der Waals surface area contributed by atoms with Crippen LogP contribution in [0.4, 0.5) is 0 Å². The van der Waals surface area contributed by atoms with Crippen LogP contribution in [0.2, 0.25) is 0 Å². The maximum Gasteiger partial charge on any atom is 0.189 e. The zero-order valence-corrected chi connectivity index (χ0v) is 12.4. The van der Waals surface area contributed by atoms with Crippen LogP contribution in [0.5, 0.6) is 0 Å². The van der Waals surface area contributed by atoms with Crippen molar-refractivity contribution in [2.75, 3.05) is 13.4 Å². The average Bonchev–Trinajstić information content (AvgIpc) is 2.66. The molecule has 0 aliphatic rings. The third-order valence-electron chi connectivity index (χ3n) is 2.53. The zero-order valence-electron chi connectivity index (χ0n) is 10.0. The van der Waals surface area contributed by atoms with E-state index >= 15 is 0 Å². The van der Waals surface area contributed by atoms with Gasteiger partial charge in [0.15, 0.2) is 5.16 Å². The van der Waals surface area contributed by atoms with Crippen molar-refractivity contribution < 1.29 is 4.74 Å². The largest absolute Gasteiger partial charge is 0.378 e.